The Morgan fingerprint density at radius 2 is 1.86 bits per heavy atom. The first-order chi connectivity index (χ1) is 10.2. The van der Waals surface area contributed by atoms with E-state index in [-0.39, 0.29) is 5.54 Å². The van der Waals surface area contributed by atoms with Crippen molar-refractivity contribution in [3.05, 3.63) is 51.7 Å². The molecule has 0 radical (unpaired) electrons. The summed E-state index contributed by atoms with van der Waals surface area (Å²) < 4.78 is 0. The highest BCUT2D eigenvalue weighted by Gasteiger charge is 2.65. The number of anilines is 1. The van der Waals surface area contributed by atoms with Crippen LogP contribution in [0.25, 0.3) is 0 Å². The Morgan fingerprint density at radius 1 is 1.10 bits per heavy atom. The minimum absolute atomic E-state index is 0.287. The molecule has 2 saturated heterocycles. The maximum Gasteiger partial charge on any atom is 0.0753 e. The Morgan fingerprint density at radius 3 is 2.62 bits per heavy atom. The van der Waals surface area contributed by atoms with E-state index < -0.39 is 0 Å². The molecule has 2 heteroatoms. The Bertz CT molecular complexity index is 721. The third kappa shape index (κ3) is 1.21. The molecule has 1 aromatic heterocycles. The topological polar surface area (TPSA) is 3.24 Å². The number of hydrogen-bond acceptors (Lipinski definition) is 2. The van der Waals surface area contributed by atoms with Gasteiger partial charge in [0.15, 0.2) is 0 Å². The summed E-state index contributed by atoms with van der Waals surface area (Å²) in [5.74, 6) is 0. The predicted octanol–water partition coefficient (Wildman–Crippen LogP) is 4.99. The lowest BCUT2D eigenvalue weighted by Crippen LogP contribution is -2.71. The van der Waals surface area contributed by atoms with Crippen molar-refractivity contribution in [2.75, 3.05) is 4.90 Å². The highest BCUT2D eigenvalue weighted by Crippen LogP contribution is 2.67. The van der Waals surface area contributed by atoms with Gasteiger partial charge in [-0.2, -0.15) is 0 Å². The van der Waals surface area contributed by atoms with Gasteiger partial charge in [0.2, 0.25) is 0 Å². The van der Waals surface area contributed by atoms with Crippen LogP contribution in [0.15, 0.2) is 35.7 Å². The fraction of sp³-hybridized carbons (Fsp3) is 0.474. The molecule has 1 atom stereocenters. The number of hydrogen-bond donors (Lipinski definition) is 0. The van der Waals surface area contributed by atoms with Crippen molar-refractivity contribution in [1.82, 2.24) is 0 Å². The van der Waals surface area contributed by atoms with Crippen LogP contribution in [0.4, 0.5) is 5.69 Å². The summed E-state index contributed by atoms with van der Waals surface area (Å²) in [5.41, 5.74) is 5.29. The van der Waals surface area contributed by atoms with Crippen LogP contribution < -0.4 is 4.90 Å². The molecule has 0 N–H and O–H groups in total. The summed E-state index contributed by atoms with van der Waals surface area (Å²) in [6.07, 6.45) is 5.47. The van der Waals surface area contributed by atoms with Gasteiger partial charge in [0.1, 0.15) is 0 Å². The minimum Gasteiger partial charge on any atom is -0.357 e. The minimum atomic E-state index is 0.287. The highest BCUT2D eigenvalue weighted by atomic mass is 32.1. The van der Waals surface area contributed by atoms with Crippen molar-refractivity contribution in [2.45, 2.75) is 56.5 Å². The summed E-state index contributed by atoms with van der Waals surface area (Å²) in [4.78, 5) is 4.48. The molecule has 1 saturated carbocycles. The molecule has 0 amide bonds. The molecule has 8 rings (SSSR count). The molecule has 2 bridgehead atoms. The van der Waals surface area contributed by atoms with Gasteiger partial charge >= 0.3 is 0 Å². The van der Waals surface area contributed by atoms with E-state index in [2.05, 4.69) is 54.5 Å². The standard InChI is InChI=1S/C19H21NS/c1-13-5-3-4-6-16(13)20-14(2)18-8-10-19(20,11-9-18)17-15(18)7-12-21-17/h3-7,12,14H,8-11H2,1-2H3. The number of aryl methyl sites for hydroxylation is 1. The molecule has 1 aromatic carbocycles. The summed E-state index contributed by atoms with van der Waals surface area (Å²) >= 11 is 2.00. The Kier molecular flexibility index (Phi) is 2.18. The van der Waals surface area contributed by atoms with Gasteiger partial charge in [0, 0.05) is 22.0 Å². The van der Waals surface area contributed by atoms with E-state index in [9.17, 15) is 0 Å². The van der Waals surface area contributed by atoms with Gasteiger partial charge in [0.05, 0.1) is 5.54 Å². The number of benzene rings is 1. The number of para-hydroxylation sites is 1. The number of rotatable bonds is 1. The average Bonchev–Trinajstić information content (AvgIpc) is 3.02. The largest absolute Gasteiger partial charge is 0.357 e. The van der Waals surface area contributed by atoms with Gasteiger partial charge in [-0.15, -0.1) is 11.3 Å². The molecule has 108 valence electrons. The van der Waals surface area contributed by atoms with Crippen molar-refractivity contribution in [1.29, 1.82) is 0 Å². The zero-order valence-corrected chi connectivity index (χ0v) is 13.5. The molecule has 0 spiro atoms. The zero-order chi connectivity index (χ0) is 14.2. The van der Waals surface area contributed by atoms with Crippen LogP contribution in [0, 0.1) is 6.92 Å². The Hall–Kier alpha value is -1.28. The second kappa shape index (κ2) is 3.73. The second-order valence-corrected chi connectivity index (χ2v) is 8.10. The van der Waals surface area contributed by atoms with E-state index in [0.29, 0.717) is 11.5 Å². The third-order valence-corrected chi connectivity index (χ3v) is 7.72. The van der Waals surface area contributed by atoms with Crippen LogP contribution in [-0.4, -0.2) is 6.04 Å². The lowest BCUT2D eigenvalue weighted by molar-refractivity contribution is 0.0594. The molecular weight excluding hydrogens is 274 g/mol. The summed E-state index contributed by atoms with van der Waals surface area (Å²) in [6, 6.07) is 12.0. The van der Waals surface area contributed by atoms with Crippen LogP contribution >= 0.6 is 11.3 Å². The van der Waals surface area contributed by atoms with E-state index >= 15 is 0 Å². The van der Waals surface area contributed by atoms with Crippen molar-refractivity contribution in [3.63, 3.8) is 0 Å². The summed E-state index contributed by atoms with van der Waals surface area (Å²) in [5, 5.41) is 2.33. The first-order valence-corrected chi connectivity index (χ1v) is 9.00. The van der Waals surface area contributed by atoms with Crippen LogP contribution in [0.2, 0.25) is 0 Å². The monoisotopic (exact) mass is 295 g/mol. The first kappa shape index (κ1) is 12.3. The van der Waals surface area contributed by atoms with E-state index in [1.165, 1.54) is 36.9 Å². The molecule has 21 heavy (non-hydrogen) atoms. The van der Waals surface area contributed by atoms with Gasteiger partial charge in [-0.3, -0.25) is 0 Å². The Labute approximate surface area is 130 Å². The molecule has 1 unspecified atom stereocenters. The van der Waals surface area contributed by atoms with Crippen molar-refractivity contribution in [3.8, 4) is 0 Å². The fourth-order valence-corrected chi connectivity index (χ4v) is 6.81. The lowest BCUT2D eigenvalue weighted by Gasteiger charge is -2.69. The Balaban J connectivity index is 1.80. The van der Waals surface area contributed by atoms with Crippen LogP contribution in [-0.2, 0) is 11.0 Å². The normalized spacial score (nSPS) is 36.1. The third-order valence-electron chi connectivity index (χ3n) is 6.62. The SMILES string of the molecule is Cc1ccccc1N1C(C)C23CCC1(CC2)c1sccc13. The highest BCUT2D eigenvalue weighted by molar-refractivity contribution is 7.10. The smallest absolute Gasteiger partial charge is 0.0753 e. The molecule has 3 aliphatic carbocycles. The zero-order valence-electron chi connectivity index (χ0n) is 12.7. The van der Waals surface area contributed by atoms with Crippen molar-refractivity contribution in [2.24, 2.45) is 0 Å². The molecule has 2 aromatic rings. The molecular formula is C19H21NS. The van der Waals surface area contributed by atoms with Gasteiger partial charge < -0.3 is 4.90 Å². The van der Waals surface area contributed by atoms with Crippen molar-refractivity contribution >= 4 is 17.0 Å². The average molecular weight is 295 g/mol. The number of nitrogens with zero attached hydrogens (tertiary/aromatic N) is 1. The predicted molar refractivity (Wildman–Crippen MR) is 89.3 cm³/mol. The van der Waals surface area contributed by atoms with Gasteiger partial charge in [-0.25, -0.2) is 0 Å². The van der Waals surface area contributed by atoms with E-state index in [1.54, 1.807) is 10.4 Å². The van der Waals surface area contributed by atoms with Crippen LogP contribution in [0.3, 0.4) is 0 Å². The van der Waals surface area contributed by atoms with Gasteiger partial charge in [0.25, 0.3) is 0 Å². The summed E-state index contributed by atoms with van der Waals surface area (Å²) in [6.45, 7) is 4.74. The van der Waals surface area contributed by atoms with Crippen molar-refractivity contribution < 1.29 is 0 Å². The van der Waals surface area contributed by atoms with Crippen LogP contribution in [0.5, 0.6) is 0 Å². The second-order valence-electron chi connectivity index (χ2n) is 7.18. The molecule has 4 heterocycles. The maximum atomic E-state index is 2.80. The number of thiophene rings is 1. The first-order valence-electron chi connectivity index (χ1n) is 8.12. The van der Waals surface area contributed by atoms with E-state index in [1.807, 2.05) is 11.3 Å². The van der Waals surface area contributed by atoms with Crippen LogP contribution in [0.1, 0.15) is 48.6 Å². The lowest BCUT2D eigenvalue weighted by atomic mass is 9.49. The van der Waals surface area contributed by atoms with Gasteiger partial charge in [-0.1, -0.05) is 18.2 Å². The molecule has 3 aliphatic heterocycles. The summed E-state index contributed by atoms with van der Waals surface area (Å²) in [7, 11) is 0. The van der Waals surface area contributed by atoms with Gasteiger partial charge in [-0.05, 0) is 68.2 Å². The molecule has 3 fully saturated rings. The molecule has 1 nitrogen and oxygen atoms in total. The van der Waals surface area contributed by atoms with E-state index in [4.69, 9.17) is 0 Å². The fourth-order valence-electron chi connectivity index (χ4n) is 5.55. The molecule has 6 aliphatic rings. The van der Waals surface area contributed by atoms with E-state index in [0.717, 1.165) is 0 Å². The quantitative estimate of drug-likeness (QED) is 0.716. The number of piperidine rings is 2. The maximum absolute atomic E-state index is 2.80.